The average molecular weight is 283 g/mol. The Kier molecular flexibility index (Phi) is 4.86. The topological polar surface area (TPSA) is 9.23 Å². The van der Waals surface area contributed by atoms with Crippen LogP contribution in [0.4, 0.5) is 0 Å². The normalized spacial score (nSPS) is 17.3. The Hall–Kier alpha value is -0.340. The first-order chi connectivity index (χ1) is 7.90. The molecule has 1 aromatic carbocycles. The molecule has 1 aliphatic rings. The van der Waals surface area contributed by atoms with Crippen LogP contribution in [0.2, 0.25) is 0 Å². The maximum absolute atomic E-state index is 5.76. The van der Waals surface area contributed by atoms with Crippen molar-refractivity contribution in [3.05, 3.63) is 35.9 Å². The zero-order valence-electron chi connectivity index (χ0n) is 9.57. The summed E-state index contributed by atoms with van der Waals surface area (Å²) < 4.78 is 5.76. The Labute approximate surface area is 106 Å². The second kappa shape index (κ2) is 6.41. The smallest absolute Gasteiger partial charge is 0.0542 e. The fourth-order valence-electron chi connectivity index (χ4n) is 1.84. The lowest BCUT2D eigenvalue weighted by Crippen LogP contribution is -2.10. The van der Waals surface area contributed by atoms with Crippen LogP contribution in [0.5, 0.6) is 0 Å². The Morgan fingerprint density at radius 2 is 2.00 bits per heavy atom. The lowest BCUT2D eigenvalue weighted by atomic mass is 10.0. The van der Waals surface area contributed by atoms with Crippen LogP contribution in [-0.4, -0.2) is 18.5 Å². The van der Waals surface area contributed by atoms with Crippen molar-refractivity contribution in [2.45, 2.75) is 25.2 Å². The van der Waals surface area contributed by atoms with Gasteiger partial charge in [-0.3, -0.25) is 0 Å². The minimum atomic E-state index is 0.486. The van der Waals surface area contributed by atoms with Gasteiger partial charge in [0, 0.05) is 17.9 Å². The van der Waals surface area contributed by atoms with E-state index >= 15 is 0 Å². The third-order valence-electron chi connectivity index (χ3n) is 3.14. The van der Waals surface area contributed by atoms with Crippen molar-refractivity contribution < 1.29 is 4.74 Å². The predicted molar refractivity (Wildman–Crippen MR) is 71.1 cm³/mol. The lowest BCUT2D eigenvalue weighted by Gasteiger charge is -2.14. The molecule has 0 radical (unpaired) electrons. The third-order valence-corrected chi connectivity index (χ3v) is 3.93. The van der Waals surface area contributed by atoms with Gasteiger partial charge in [0.2, 0.25) is 0 Å². The molecule has 0 N–H and O–H groups in total. The summed E-state index contributed by atoms with van der Waals surface area (Å²) >= 11 is 3.57. The Balaban J connectivity index is 1.72. The van der Waals surface area contributed by atoms with Gasteiger partial charge in [-0.15, -0.1) is 0 Å². The predicted octanol–water partition coefficient (Wildman–Crippen LogP) is 3.98. The van der Waals surface area contributed by atoms with Crippen LogP contribution in [0.15, 0.2) is 30.3 Å². The van der Waals surface area contributed by atoms with E-state index in [1.165, 1.54) is 24.8 Å². The van der Waals surface area contributed by atoms with Gasteiger partial charge in [0.25, 0.3) is 0 Å². The van der Waals surface area contributed by atoms with Crippen molar-refractivity contribution in [1.29, 1.82) is 0 Å². The summed E-state index contributed by atoms with van der Waals surface area (Å²) in [6.07, 6.45) is 4.09. The number of benzene rings is 1. The highest BCUT2D eigenvalue weighted by atomic mass is 79.9. The maximum Gasteiger partial charge on any atom is 0.0542 e. The molecule has 1 fully saturated rings. The van der Waals surface area contributed by atoms with E-state index in [-0.39, 0.29) is 0 Å². The molecule has 1 nitrogen and oxygen atoms in total. The largest absolute Gasteiger partial charge is 0.381 e. The lowest BCUT2D eigenvalue weighted by molar-refractivity contribution is 0.119. The van der Waals surface area contributed by atoms with Gasteiger partial charge in [-0.05, 0) is 17.9 Å². The number of halogens is 1. The second-order valence-corrected chi connectivity index (χ2v) is 5.22. The van der Waals surface area contributed by atoms with Gasteiger partial charge in [0.1, 0.15) is 0 Å². The van der Waals surface area contributed by atoms with Gasteiger partial charge >= 0.3 is 0 Å². The highest BCUT2D eigenvalue weighted by molar-refractivity contribution is 9.09. The van der Waals surface area contributed by atoms with Crippen molar-refractivity contribution in [2.75, 3.05) is 18.5 Å². The third kappa shape index (κ3) is 3.91. The highest BCUT2D eigenvalue weighted by Crippen LogP contribution is 2.32. The number of hydrogen-bond donors (Lipinski definition) is 0. The van der Waals surface area contributed by atoms with E-state index in [0.29, 0.717) is 5.92 Å². The molecule has 1 saturated carbocycles. The van der Waals surface area contributed by atoms with Gasteiger partial charge < -0.3 is 4.74 Å². The van der Waals surface area contributed by atoms with Crippen LogP contribution in [0.1, 0.15) is 30.7 Å². The molecule has 2 rings (SSSR count). The van der Waals surface area contributed by atoms with Crippen LogP contribution in [0, 0.1) is 5.92 Å². The van der Waals surface area contributed by atoms with Crippen LogP contribution < -0.4 is 0 Å². The molecule has 0 heterocycles. The SMILES string of the molecule is BrCC(COCCC1CC1)c1ccccc1. The molecule has 1 aliphatic carbocycles. The monoisotopic (exact) mass is 282 g/mol. The molecule has 0 saturated heterocycles. The highest BCUT2D eigenvalue weighted by Gasteiger charge is 2.20. The van der Waals surface area contributed by atoms with E-state index in [1.807, 2.05) is 0 Å². The van der Waals surface area contributed by atoms with Gasteiger partial charge in [-0.1, -0.05) is 59.1 Å². The molecular formula is C14H19BrO. The van der Waals surface area contributed by atoms with E-state index in [1.54, 1.807) is 0 Å². The Morgan fingerprint density at radius 1 is 1.25 bits per heavy atom. The average Bonchev–Trinajstić information content (AvgIpc) is 3.14. The molecule has 0 spiro atoms. The fourth-order valence-corrected chi connectivity index (χ4v) is 2.40. The zero-order chi connectivity index (χ0) is 11.2. The van der Waals surface area contributed by atoms with E-state index < -0.39 is 0 Å². The molecule has 0 bridgehead atoms. The summed E-state index contributed by atoms with van der Waals surface area (Å²) in [5.41, 5.74) is 1.37. The van der Waals surface area contributed by atoms with Gasteiger partial charge in [-0.25, -0.2) is 0 Å². The van der Waals surface area contributed by atoms with Crippen LogP contribution in [0.3, 0.4) is 0 Å². The summed E-state index contributed by atoms with van der Waals surface area (Å²) in [5.74, 6) is 1.46. The zero-order valence-corrected chi connectivity index (χ0v) is 11.2. The first-order valence-corrected chi connectivity index (χ1v) is 7.21. The summed E-state index contributed by atoms with van der Waals surface area (Å²) in [4.78, 5) is 0. The van der Waals surface area contributed by atoms with Crippen molar-refractivity contribution >= 4 is 15.9 Å². The number of rotatable bonds is 7. The van der Waals surface area contributed by atoms with Crippen LogP contribution in [-0.2, 0) is 4.74 Å². The molecule has 1 unspecified atom stereocenters. The molecule has 1 atom stereocenters. The first kappa shape index (κ1) is 12.1. The van der Waals surface area contributed by atoms with Crippen molar-refractivity contribution in [1.82, 2.24) is 0 Å². The van der Waals surface area contributed by atoms with Crippen LogP contribution in [0.25, 0.3) is 0 Å². The molecule has 1 aromatic rings. The van der Waals surface area contributed by atoms with Crippen molar-refractivity contribution in [3.8, 4) is 0 Å². The standard InChI is InChI=1S/C14H19BrO/c15-10-14(13-4-2-1-3-5-13)11-16-9-8-12-6-7-12/h1-5,12,14H,6-11H2. The quantitative estimate of drug-likeness (QED) is 0.543. The molecular weight excluding hydrogens is 264 g/mol. The number of ether oxygens (including phenoxy) is 1. The van der Waals surface area contributed by atoms with Gasteiger partial charge in [0.05, 0.1) is 6.61 Å². The summed E-state index contributed by atoms with van der Waals surface area (Å²) in [6, 6.07) is 10.6. The number of alkyl halides is 1. The molecule has 0 amide bonds. The molecule has 0 aliphatic heterocycles. The summed E-state index contributed by atoms with van der Waals surface area (Å²) in [7, 11) is 0. The molecule has 88 valence electrons. The van der Waals surface area contributed by atoms with Gasteiger partial charge in [-0.2, -0.15) is 0 Å². The van der Waals surface area contributed by atoms with Crippen molar-refractivity contribution in [2.24, 2.45) is 5.92 Å². The van der Waals surface area contributed by atoms with Crippen molar-refractivity contribution in [3.63, 3.8) is 0 Å². The Bertz CT molecular complexity index is 295. The Morgan fingerprint density at radius 3 is 2.62 bits per heavy atom. The summed E-state index contributed by atoms with van der Waals surface area (Å²) in [5, 5.41) is 0.973. The van der Waals surface area contributed by atoms with Crippen LogP contribution >= 0.6 is 15.9 Å². The molecule has 0 aromatic heterocycles. The minimum absolute atomic E-state index is 0.486. The summed E-state index contributed by atoms with van der Waals surface area (Å²) in [6.45, 7) is 1.77. The molecule has 2 heteroatoms. The van der Waals surface area contributed by atoms with E-state index in [0.717, 1.165) is 24.5 Å². The first-order valence-electron chi connectivity index (χ1n) is 6.09. The maximum atomic E-state index is 5.76. The van der Waals surface area contributed by atoms with E-state index in [4.69, 9.17) is 4.74 Å². The van der Waals surface area contributed by atoms with Gasteiger partial charge in [0.15, 0.2) is 0 Å². The minimum Gasteiger partial charge on any atom is -0.381 e. The second-order valence-electron chi connectivity index (χ2n) is 4.57. The molecule has 16 heavy (non-hydrogen) atoms. The fraction of sp³-hybridized carbons (Fsp3) is 0.571. The number of hydrogen-bond acceptors (Lipinski definition) is 1. The van der Waals surface area contributed by atoms with E-state index in [2.05, 4.69) is 46.3 Å². The van der Waals surface area contributed by atoms with E-state index in [9.17, 15) is 0 Å².